The second-order valence-corrected chi connectivity index (χ2v) is 9.19. The lowest BCUT2D eigenvalue weighted by atomic mass is 10.1. The topological polar surface area (TPSA) is 66.5 Å². The molecule has 0 atom stereocenters. The fourth-order valence-corrected chi connectivity index (χ4v) is 5.10. The predicted octanol–water partition coefficient (Wildman–Crippen LogP) is 4.03. The number of thiophene rings is 1. The Bertz CT molecular complexity index is 1130. The van der Waals surface area contributed by atoms with Crippen LogP contribution in [-0.4, -0.2) is 20.9 Å². The molecule has 1 N–H and O–H groups in total. The van der Waals surface area contributed by atoms with Gasteiger partial charge in [-0.15, -0.1) is 11.3 Å². The smallest absolute Gasteiger partial charge is 0.268 e. The molecular weight excluding hydrogens is 399 g/mol. The molecule has 0 unspecified atom stereocenters. The molecule has 0 saturated carbocycles. The molecule has 1 aromatic heterocycles. The molecule has 0 spiro atoms. The zero-order valence-corrected chi connectivity index (χ0v) is 16.4. The number of nitrogens with one attached hydrogen (secondary N) is 1. The van der Waals surface area contributed by atoms with E-state index >= 15 is 0 Å². The minimum atomic E-state index is -3.72. The van der Waals surface area contributed by atoms with Crippen molar-refractivity contribution in [1.82, 2.24) is 0 Å². The van der Waals surface area contributed by atoms with E-state index in [1.165, 1.54) is 29.5 Å². The van der Waals surface area contributed by atoms with Crippen LogP contribution in [0.2, 0.25) is 0 Å². The Morgan fingerprint density at radius 3 is 2.75 bits per heavy atom. The minimum absolute atomic E-state index is 0.0893. The maximum Gasteiger partial charge on any atom is 0.268 e. The summed E-state index contributed by atoms with van der Waals surface area (Å²) in [6.07, 6.45) is 0.725. The van der Waals surface area contributed by atoms with Crippen molar-refractivity contribution >= 4 is 38.6 Å². The number of amides is 1. The van der Waals surface area contributed by atoms with Crippen molar-refractivity contribution in [3.05, 3.63) is 81.8 Å². The number of carbonyl (C=O) groups is 1. The van der Waals surface area contributed by atoms with Crippen LogP contribution in [0.1, 0.15) is 20.8 Å². The average molecular weight is 416 g/mol. The van der Waals surface area contributed by atoms with Gasteiger partial charge in [-0.1, -0.05) is 24.3 Å². The van der Waals surface area contributed by atoms with E-state index in [1.807, 2.05) is 17.5 Å². The van der Waals surface area contributed by atoms with E-state index in [0.29, 0.717) is 28.4 Å². The Balaban J connectivity index is 1.55. The van der Waals surface area contributed by atoms with E-state index < -0.39 is 15.8 Å². The molecule has 4 rings (SSSR count). The first kappa shape index (κ1) is 18.6. The van der Waals surface area contributed by atoms with Gasteiger partial charge in [-0.25, -0.2) is 12.8 Å². The fraction of sp³-hybridized carbons (Fsp3) is 0.150. The molecule has 8 heteroatoms. The van der Waals surface area contributed by atoms with Crippen LogP contribution in [0.25, 0.3) is 0 Å². The van der Waals surface area contributed by atoms with Gasteiger partial charge in [0.1, 0.15) is 5.82 Å². The Morgan fingerprint density at radius 1 is 1.14 bits per heavy atom. The number of hydrogen-bond donors (Lipinski definition) is 1. The van der Waals surface area contributed by atoms with E-state index in [2.05, 4.69) is 4.72 Å². The summed E-state index contributed by atoms with van der Waals surface area (Å²) >= 11 is 1.38. The van der Waals surface area contributed by atoms with Crippen LogP contribution in [0.15, 0.2) is 60.0 Å². The second-order valence-electron chi connectivity index (χ2n) is 6.52. The molecule has 144 valence electrons. The third-order valence-corrected chi connectivity index (χ3v) is 6.59. The summed E-state index contributed by atoms with van der Waals surface area (Å²) in [6.45, 7) is 0.561. The summed E-state index contributed by atoms with van der Waals surface area (Å²) in [6, 6.07) is 14.3. The molecule has 1 aliphatic rings. The van der Waals surface area contributed by atoms with E-state index in [9.17, 15) is 17.6 Å². The Kier molecular flexibility index (Phi) is 4.91. The zero-order valence-electron chi connectivity index (χ0n) is 14.8. The Hall–Kier alpha value is -2.71. The van der Waals surface area contributed by atoms with E-state index in [-0.39, 0.29) is 11.7 Å². The SMILES string of the molecule is O=C(c1cccs1)N1CCc2ccc(NS(=O)(=O)Cc3cccc(F)c3)cc21. The molecule has 0 radical (unpaired) electrons. The van der Waals surface area contributed by atoms with Gasteiger partial charge in [0.25, 0.3) is 5.91 Å². The Morgan fingerprint density at radius 2 is 2.00 bits per heavy atom. The molecule has 2 aromatic carbocycles. The van der Waals surface area contributed by atoms with Gasteiger partial charge in [-0.2, -0.15) is 0 Å². The minimum Gasteiger partial charge on any atom is -0.307 e. The van der Waals surface area contributed by atoms with Crippen molar-refractivity contribution in [2.24, 2.45) is 0 Å². The molecule has 5 nitrogen and oxygen atoms in total. The van der Waals surface area contributed by atoms with E-state index in [0.717, 1.165) is 12.0 Å². The third kappa shape index (κ3) is 3.93. The highest BCUT2D eigenvalue weighted by Gasteiger charge is 2.27. The molecule has 1 aliphatic heterocycles. The van der Waals surface area contributed by atoms with Gasteiger partial charge in [0.15, 0.2) is 0 Å². The normalized spacial score (nSPS) is 13.4. The van der Waals surface area contributed by atoms with Crippen molar-refractivity contribution in [1.29, 1.82) is 0 Å². The summed E-state index contributed by atoms with van der Waals surface area (Å²) in [7, 11) is -3.72. The number of nitrogens with zero attached hydrogens (tertiary/aromatic N) is 1. The number of anilines is 2. The highest BCUT2D eigenvalue weighted by molar-refractivity contribution is 7.91. The van der Waals surface area contributed by atoms with Crippen LogP contribution in [0.3, 0.4) is 0 Å². The van der Waals surface area contributed by atoms with E-state index in [1.54, 1.807) is 29.2 Å². The van der Waals surface area contributed by atoms with E-state index in [4.69, 9.17) is 0 Å². The first-order valence-electron chi connectivity index (χ1n) is 8.64. The summed E-state index contributed by atoms with van der Waals surface area (Å²) in [5, 5.41) is 1.85. The number of sulfonamides is 1. The predicted molar refractivity (Wildman–Crippen MR) is 109 cm³/mol. The van der Waals surface area contributed by atoms with Gasteiger partial charge in [0.2, 0.25) is 10.0 Å². The maximum atomic E-state index is 13.3. The summed E-state index contributed by atoms with van der Waals surface area (Å²) in [5.41, 5.74) is 2.45. The maximum absolute atomic E-state index is 13.3. The quantitative estimate of drug-likeness (QED) is 0.683. The monoisotopic (exact) mass is 416 g/mol. The molecule has 0 bridgehead atoms. The first-order valence-corrected chi connectivity index (χ1v) is 11.2. The summed E-state index contributed by atoms with van der Waals surface area (Å²) in [4.78, 5) is 15.0. The van der Waals surface area contributed by atoms with Gasteiger partial charge < -0.3 is 4.90 Å². The van der Waals surface area contributed by atoms with Gasteiger partial charge in [-0.3, -0.25) is 9.52 Å². The zero-order chi connectivity index (χ0) is 19.7. The van der Waals surface area contributed by atoms with Crippen molar-refractivity contribution in [3.8, 4) is 0 Å². The lowest BCUT2D eigenvalue weighted by Gasteiger charge is -2.17. The van der Waals surface area contributed by atoms with Gasteiger partial charge in [-0.05, 0) is 53.3 Å². The number of benzene rings is 2. The van der Waals surface area contributed by atoms with Crippen molar-refractivity contribution < 1.29 is 17.6 Å². The molecule has 3 aromatic rings. The third-order valence-electron chi connectivity index (χ3n) is 4.48. The molecule has 1 amide bonds. The Labute approximate surface area is 166 Å². The van der Waals surface area contributed by atoms with Crippen LogP contribution in [-0.2, 0) is 22.2 Å². The summed E-state index contributed by atoms with van der Waals surface area (Å²) in [5.74, 6) is -0.902. The van der Waals surface area contributed by atoms with Crippen molar-refractivity contribution in [2.45, 2.75) is 12.2 Å². The van der Waals surface area contributed by atoms with Crippen LogP contribution >= 0.6 is 11.3 Å². The highest BCUT2D eigenvalue weighted by Crippen LogP contribution is 2.33. The lowest BCUT2D eigenvalue weighted by Crippen LogP contribution is -2.28. The van der Waals surface area contributed by atoms with Crippen LogP contribution in [0.4, 0.5) is 15.8 Å². The molecule has 2 heterocycles. The number of halogens is 1. The van der Waals surface area contributed by atoms with Crippen molar-refractivity contribution in [3.63, 3.8) is 0 Å². The largest absolute Gasteiger partial charge is 0.307 e. The molecule has 0 aliphatic carbocycles. The lowest BCUT2D eigenvalue weighted by molar-refractivity contribution is 0.0993. The van der Waals surface area contributed by atoms with Crippen molar-refractivity contribution in [2.75, 3.05) is 16.2 Å². The highest BCUT2D eigenvalue weighted by atomic mass is 32.2. The number of rotatable bonds is 5. The molecule has 28 heavy (non-hydrogen) atoms. The molecular formula is C20H17FN2O3S2. The average Bonchev–Trinajstić information content (AvgIpc) is 3.30. The van der Waals surface area contributed by atoms with Gasteiger partial charge in [0, 0.05) is 12.2 Å². The van der Waals surface area contributed by atoms with Crippen LogP contribution in [0, 0.1) is 5.82 Å². The van der Waals surface area contributed by atoms with Gasteiger partial charge >= 0.3 is 0 Å². The summed E-state index contributed by atoms with van der Waals surface area (Å²) < 4.78 is 40.8. The number of hydrogen-bond acceptors (Lipinski definition) is 4. The molecule has 0 saturated heterocycles. The van der Waals surface area contributed by atoms with Crippen LogP contribution < -0.4 is 9.62 Å². The first-order chi connectivity index (χ1) is 13.4. The molecule has 0 fully saturated rings. The number of fused-ring (bicyclic) bond motifs is 1. The fourth-order valence-electron chi connectivity index (χ4n) is 3.25. The second kappa shape index (κ2) is 7.37. The van der Waals surface area contributed by atoms with Crippen LogP contribution in [0.5, 0.6) is 0 Å². The standard InChI is InChI=1S/C20H17FN2O3S2/c21-16-4-1-3-14(11-16)13-28(25,26)22-17-7-6-15-8-9-23(18(15)12-17)20(24)19-5-2-10-27-19/h1-7,10-12,22H,8-9,13H2. The van der Waals surface area contributed by atoms with Gasteiger partial charge in [0.05, 0.1) is 16.3 Å². The number of carbonyl (C=O) groups excluding carboxylic acids is 1.